The number of hydrogen-bond donors (Lipinski definition) is 1. The molecule has 0 fully saturated rings. The number of hydrogen-bond acceptors (Lipinski definition) is 6. The topological polar surface area (TPSA) is 91.7 Å². The van der Waals surface area contributed by atoms with Gasteiger partial charge in [-0.2, -0.15) is 5.10 Å². The van der Waals surface area contributed by atoms with Crippen molar-refractivity contribution in [2.45, 2.75) is 6.73 Å². The molecule has 0 aliphatic rings. The predicted octanol–water partition coefficient (Wildman–Crippen LogP) is 0.831. The molecule has 0 aliphatic heterocycles. The molecule has 0 saturated heterocycles. The average molecular weight is 319 g/mol. The standard InChI is InChI=1S/C15H17N3O5/c1-21-11-3-5-12(6-4-11)23-10-18-8-7-13(17-18)15(20)16-9-14(19)22-2/h3-8H,9-10H2,1-2H3,(H,16,20). The van der Waals surface area contributed by atoms with Crippen LogP contribution in [0.25, 0.3) is 0 Å². The number of nitrogens with one attached hydrogen (secondary N) is 1. The van der Waals surface area contributed by atoms with E-state index in [9.17, 15) is 9.59 Å². The molecular formula is C15H17N3O5. The van der Waals surface area contributed by atoms with Crippen LogP contribution in [0, 0.1) is 0 Å². The number of aromatic nitrogens is 2. The van der Waals surface area contributed by atoms with Crippen LogP contribution < -0.4 is 14.8 Å². The Hall–Kier alpha value is -3.03. The zero-order valence-electron chi connectivity index (χ0n) is 12.8. The van der Waals surface area contributed by atoms with Gasteiger partial charge in [0.05, 0.1) is 14.2 Å². The van der Waals surface area contributed by atoms with Crippen LogP contribution in [-0.2, 0) is 16.3 Å². The van der Waals surface area contributed by atoms with Crippen LogP contribution in [0.4, 0.5) is 0 Å². The Bertz CT molecular complexity index is 666. The summed E-state index contributed by atoms with van der Waals surface area (Å²) in [6.45, 7) is -0.0544. The van der Waals surface area contributed by atoms with Gasteiger partial charge in [-0.05, 0) is 30.3 Å². The first-order chi connectivity index (χ1) is 11.1. The molecule has 8 heteroatoms. The van der Waals surface area contributed by atoms with Gasteiger partial charge in [-0.1, -0.05) is 0 Å². The van der Waals surface area contributed by atoms with Gasteiger partial charge < -0.3 is 19.5 Å². The normalized spacial score (nSPS) is 10.0. The second-order valence-corrected chi connectivity index (χ2v) is 4.45. The first kappa shape index (κ1) is 16.3. The summed E-state index contributed by atoms with van der Waals surface area (Å²) < 4.78 is 16.5. The lowest BCUT2D eigenvalue weighted by atomic mass is 10.3. The second kappa shape index (κ2) is 7.83. The van der Waals surface area contributed by atoms with Gasteiger partial charge >= 0.3 is 5.97 Å². The van der Waals surface area contributed by atoms with Gasteiger partial charge in [0, 0.05) is 6.20 Å². The lowest BCUT2D eigenvalue weighted by Gasteiger charge is -2.07. The Morgan fingerprint density at radius 3 is 2.48 bits per heavy atom. The van der Waals surface area contributed by atoms with E-state index in [0.717, 1.165) is 5.75 Å². The third-order valence-corrected chi connectivity index (χ3v) is 2.92. The number of methoxy groups -OCH3 is 2. The molecule has 1 aromatic carbocycles. The van der Waals surface area contributed by atoms with E-state index in [4.69, 9.17) is 9.47 Å². The smallest absolute Gasteiger partial charge is 0.325 e. The highest BCUT2D eigenvalue weighted by Crippen LogP contribution is 2.17. The Labute approximate surface area is 132 Å². The molecule has 1 heterocycles. The van der Waals surface area contributed by atoms with Gasteiger partial charge in [-0.25, -0.2) is 4.68 Å². The van der Waals surface area contributed by atoms with Crippen molar-refractivity contribution in [3.05, 3.63) is 42.2 Å². The van der Waals surface area contributed by atoms with Gasteiger partial charge in [0.1, 0.15) is 23.7 Å². The SMILES string of the molecule is COC(=O)CNC(=O)c1ccn(COc2ccc(OC)cc2)n1. The number of esters is 1. The molecule has 2 rings (SSSR count). The molecule has 0 unspecified atom stereocenters. The van der Waals surface area contributed by atoms with E-state index in [0.29, 0.717) is 5.75 Å². The minimum Gasteiger partial charge on any atom is -0.497 e. The number of ether oxygens (including phenoxy) is 3. The monoisotopic (exact) mass is 319 g/mol. The van der Waals surface area contributed by atoms with Crippen molar-refractivity contribution in [1.29, 1.82) is 0 Å². The van der Waals surface area contributed by atoms with Crippen molar-refractivity contribution in [2.24, 2.45) is 0 Å². The largest absolute Gasteiger partial charge is 0.497 e. The molecular weight excluding hydrogens is 302 g/mol. The minimum absolute atomic E-state index is 0.149. The van der Waals surface area contributed by atoms with E-state index in [1.807, 2.05) is 0 Å². The minimum atomic E-state index is -0.527. The van der Waals surface area contributed by atoms with Crippen molar-refractivity contribution < 1.29 is 23.8 Å². The summed E-state index contributed by atoms with van der Waals surface area (Å²) in [6, 6.07) is 8.64. The van der Waals surface area contributed by atoms with Crippen molar-refractivity contribution in [1.82, 2.24) is 15.1 Å². The number of nitrogens with zero attached hydrogens (tertiary/aromatic N) is 2. The van der Waals surface area contributed by atoms with Crippen LogP contribution in [-0.4, -0.2) is 42.4 Å². The second-order valence-electron chi connectivity index (χ2n) is 4.45. The van der Waals surface area contributed by atoms with Gasteiger partial charge in [0.2, 0.25) is 0 Å². The van der Waals surface area contributed by atoms with Crippen LogP contribution in [0.5, 0.6) is 11.5 Å². The molecule has 0 aliphatic carbocycles. The highest BCUT2D eigenvalue weighted by Gasteiger charge is 2.11. The van der Waals surface area contributed by atoms with E-state index < -0.39 is 11.9 Å². The highest BCUT2D eigenvalue weighted by molar-refractivity contribution is 5.94. The quantitative estimate of drug-likeness (QED) is 0.760. The molecule has 8 nitrogen and oxygen atoms in total. The molecule has 0 spiro atoms. The Morgan fingerprint density at radius 2 is 1.83 bits per heavy atom. The maximum absolute atomic E-state index is 11.8. The number of benzene rings is 1. The third kappa shape index (κ3) is 4.73. The van der Waals surface area contributed by atoms with Crippen molar-refractivity contribution in [2.75, 3.05) is 20.8 Å². The van der Waals surface area contributed by atoms with Crippen LogP contribution in [0.3, 0.4) is 0 Å². The van der Waals surface area contributed by atoms with Crippen LogP contribution in [0.1, 0.15) is 10.5 Å². The Kier molecular flexibility index (Phi) is 5.56. The first-order valence-electron chi connectivity index (χ1n) is 6.77. The van der Waals surface area contributed by atoms with Crippen molar-refractivity contribution >= 4 is 11.9 Å². The lowest BCUT2D eigenvalue weighted by molar-refractivity contribution is -0.139. The molecule has 0 radical (unpaired) electrons. The van der Waals surface area contributed by atoms with Crippen LogP contribution in [0.15, 0.2) is 36.5 Å². The number of amides is 1. The summed E-state index contributed by atoms with van der Waals surface area (Å²) in [7, 11) is 2.84. The summed E-state index contributed by atoms with van der Waals surface area (Å²) in [5, 5.41) is 6.47. The van der Waals surface area contributed by atoms with E-state index in [1.165, 1.54) is 17.9 Å². The summed E-state index contributed by atoms with van der Waals surface area (Å²) in [6.07, 6.45) is 1.61. The molecule has 1 aromatic heterocycles. The number of carbonyl (C=O) groups is 2. The molecule has 0 atom stereocenters. The molecule has 0 saturated carbocycles. The van der Waals surface area contributed by atoms with Crippen molar-refractivity contribution in [3.8, 4) is 11.5 Å². The van der Waals surface area contributed by atoms with E-state index >= 15 is 0 Å². The van der Waals surface area contributed by atoms with Gasteiger partial charge in [-0.3, -0.25) is 9.59 Å². The predicted molar refractivity (Wildman–Crippen MR) is 80.2 cm³/mol. The fourth-order valence-corrected chi connectivity index (χ4v) is 1.68. The fraction of sp³-hybridized carbons (Fsp3) is 0.267. The zero-order valence-corrected chi connectivity index (χ0v) is 12.8. The fourth-order valence-electron chi connectivity index (χ4n) is 1.68. The van der Waals surface area contributed by atoms with E-state index in [1.54, 1.807) is 37.6 Å². The summed E-state index contributed by atoms with van der Waals surface area (Å²) in [5.41, 5.74) is 0.187. The summed E-state index contributed by atoms with van der Waals surface area (Å²) >= 11 is 0. The summed E-state index contributed by atoms with van der Waals surface area (Å²) in [5.74, 6) is 0.401. The van der Waals surface area contributed by atoms with E-state index in [-0.39, 0.29) is 19.0 Å². The Morgan fingerprint density at radius 1 is 1.13 bits per heavy atom. The van der Waals surface area contributed by atoms with E-state index in [2.05, 4.69) is 15.2 Å². The lowest BCUT2D eigenvalue weighted by Crippen LogP contribution is -2.30. The number of carbonyl (C=O) groups excluding carboxylic acids is 2. The molecule has 1 N–H and O–H groups in total. The van der Waals surface area contributed by atoms with Gasteiger partial charge in [0.25, 0.3) is 5.91 Å². The van der Waals surface area contributed by atoms with Crippen molar-refractivity contribution in [3.63, 3.8) is 0 Å². The highest BCUT2D eigenvalue weighted by atomic mass is 16.5. The molecule has 0 bridgehead atoms. The average Bonchev–Trinajstić information content (AvgIpc) is 3.07. The third-order valence-electron chi connectivity index (χ3n) is 2.92. The molecule has 23 heavy (non-hydrogen) atoms. The number of rotatable bonds is 7. The first-order valence-corrected chi connectivity index (χ1v) is 6.77. The zero-order chi connectivity index (χ0) is 16.7. The van der Waals surface area contributed by atoms with Crippen LogP contribution in [0.2, 0.25) is 0 Å². The van der Waals surface area contributed by atoms with Crippen LogP contribution >= 0.6 is 0 Å². The molecule has 1 amide bonds. The van der Waals surface area contributed by atoms with Gasteiger partial charge in [0.15, 0.2) is 6.73 Å². The maximum Gasteiger partial charge on any atom is 0.325 e. The molecule has 2 aromatic rings. The Balaban J connectivity index is 1.86. The maximum atomic E-state index is 11.8. The molecule has 122 valence electrons. The van der Waals surface area contributed by atoms with Gasteiger partial charge in [-0.15, -0.1) is 0 Å². The summed E-state index contributed by atoms with van der Waals surface area (Å²) in [4.78, 5) is 22.7.